The molecule has 0 fully saturated rings. The molecule has 4 nitrogen and oxygen atoms in total. The molecule has 102 valence electrons. The van der Waals surface area contributed by atoms with Crippen LogP contribution in [-0.4, -0.2) is 25.3 Å². The van der Waals surface area contributed by atoms with Gasteiger partial charge in [-0.2, -0.15) is 4.31 Å². The molecule has 1 atom stereocenters. The standard InChI is InChI=1S/C13H22N2O2S/c1-5-11(4)15(6-2)18(16,17)12-7-8-13(14)10(3)9-12/h7-9,11H,5-6,14H2,1-4H3. The molecule has 0 saturated heterocycles. The maximum atomic E-state index is 12.5. The SMILES string of the molecule is CCC(C)N(CC)S(=O)(=O)c1ccc(N)c(C)c1. The zero-order valence-electron chi connectivity index (χ0n) is 11.5. The summed E-state index contributed by atoms with van der Waals surface area (Å²) in [5, 5.41) is 0. The van der Waals surface area contributed by atoms with Gasteiger partial charge in [0.25, 0.3) is 0 Å². The topological polar surface area (TPSA) is 63.4 Å². The monoisotopic (exact) mass is 270 g/mol. The van der Waals surface area contributed by atoms with Crippen LogP contribution in [0.3, 0.4) is 0 Å². The van der Waals surface area contributed by atoms with Gasteiger partial charge >= 0.3 is 0 Å². The van der Waals surface area contributed by atoms with E-state index in [1.165, 1.54) is 4.31 Å². The van der Waals surface area contributed by atoms with Crippen LogP contribution in [0.4, 0.5) is 5.69 Å². The number of anilines is 1. The molecule has 0 aliphatic rings. The number of aryl methyl sites for hydroxylation is 1. The van der Waals surface area contributed by atoms with Crippen molar-refractivity contribution >= 4 is 15.7 Å². The Bertz CT molecular complexity index is 512. The number of hydrogen-bond donors (Lipinski definition) is 1. The normalized spacial score (nSPS) is 13.8. The van der Waals surface area contributed by atoms with E-state index in [9.17, 15) is 8.42 Å². The third-order valence-electron chi connectivity index (χ3n) is 3.24. The van der Waals surface area contributed by atoms with Crippen LogP contribution >= 0.6 is 0 Å². The lowest BCUT2D eigenvalue weighted by atomic mass is 10.2. The van der Waals surface area contributed by atoms with E-state index in [-0.39, 0.29) is 6.04 Å². The van der Waals surface area contributed by atoms with Crippen molar-refractivity contribution in [2.75, 3.05) is 12.3 Å². The van der Waals surface area contributed by atoms with Gasteiger partial charge in [-0.25, -0.2) is 8.42 Å². The molecule has 0 aliphatic carbocycles. The summed E-state index contributed by atoms with van der Waals surface area (Å²) in [5.74, 6) is 0. The zero-order chi connectivity index (χ0) is 13.9. The third kappa shape index (κ3) is 2.84. The van der Waals surface area contributed by atoms with Crippen LogP contribution < -0.4 is 5.73 Å². The first-order valence-corrected chi connectivity index (χ1v) is 7.66. The molecule has 0 aliphatic heterocycles. The Balaban J connectivity index is 3.23. The maximum Gasteiger partial charge on any atom is 0.243 e. The predicted octanol–water partition coefficient (Wildman–Crippen LogP) is 2.39. The Hall–Kier alpha value is -1.07. The van der Waals surface area contributed by atoms with Crippen molar-refractivity contribution in [2.45, 2.75) is 45.1 Å². The Morgan fingerprint density at radius 2 is 1.94 bits per heavy atom. The summed E-state index contributed by atoms with van der Waals surface area (Å²) < 4.78 is 26.6. The summed E-state index contributed by atoms with van der Waals surface area (Å²) in [6, 6.07) is 4.85. The van der Waals surface area contributed by atoms with Crippen LogP contribution in [0.5, 0.6) is 0 Å². The largest absolute Gasteiger partial charge is 0.399 e. The van der Waals surface area contributed by atoms with Gasteiger partial charge in [-0.1, -0.05) is 13.8 Å². The van der Waals surface area contributed by atoms with E-state index in [0.717, 1.165) is 12.0 Å². The lowest BCUT2D eigenvalue weighted by Gasteiger charge is -2.26. The Morgan fingerprint density at radius 3 is 2.39 bits per heavy atom. The first kappa shape index (κ1) is 15.0. The number of nitrogens with zero attached hydrogens (tertiary/aromatic N) is 1. The van der Waals surface area contributed by atoms with Gasteiger partial charge in [-0.3, -0.25) is 0 Å². The molecule has 18 heavy (non-hydrogen) atoms. The summed E-state index contributed by atoms with van der Waals surface area (Å²) >= 11 is 0. The van der Waals surface area contributed by atoms with Crippen LogP contribution in [0.2, 0.25) is 0 Å². The number of benzene rings is 1. The minimum absolute atomic E-state index is 0.00198. The van der Waals surface area contributed by atoms with Gasteiger partial charge in [0, 0.05) is 18.3 Å². The van der Waals surface area contributed by atoms with E-state index in [2.05, 4.69) is 0 Å². The zero-order valence-corrected chi connectivity index (χ0v) is 12.3. The van der Waals surface area contributed by atoms with Crippen molar-refractivity contribution in [1.82, 2.24) is 4.31 Å². The van der Waals surface area contributed by atoms with Crippen molar-refractivity contribution in [1.29, 1.82) is 0 Å². The number of hydrogen-bond acceptors (Lipinski definition) is 3. The minimum Gasteiger partial charge on any atom is -0.399 e. The van der Waals surface area contributed by atoms with Crippen molar-refractivity contribution < 1.29 is 8.42 Å². The van der Waals surface area contributed by atoms with Crippen LogP contribution in [0.15, 0.2) is 23.1 Å². The maximum absolute atomic E-state index is 12.5. The fourth-order valence-corrected chi connectivity index (χ4v) is 3.67. The van der Waals surface area contributed by atoms with E-state index in [1.54, 1.807) is 18.2 Å². The van der Waals surface area contributed by atoms with E-state index in [1.807, 2.05) is 27.7 Å². The molecule has 0 heterocycles. The lowest BCUT2D eigenvalue weighted by molar-refractivity contribution is 0.342. The Morgan fingerprint density at radius 1 is 1.33 bits per heavy atom. The molecular formula is C13H22N2O2S. The molecule has 0 amide bonds. The molecular weight excluding hydrogens is 248 g/mol. The highest BCUT2D eigenvalue weighted by molar-refractivity contribution is 7.89. The highest BCUT2D eigenvalue weighted by atomic mass is 32.2. The number of rotatable bonds is 5. The average Bonchev–Trinajstić information content (AvgIpc) is 2.32. The van der Waals surface area contributed by atoms with E-state index >= 15 is 0 Å². The predicted molar refractivity (Wildman–Crippen MR) is 74.9 cm³/mol. The van der Waals surface area contributed by atoms with Crippen molar-refractivity contribution in [3.8, 4) is 0 Å². The summed E-state index contributed by atoms with van der Waals surface area (Å²) in [5.41, 5.74) is 7.12. The molecule has 1 unspecified atom stereocenters. The fraction of sp³-hybridized carbons (Fsp3) is 0.538. The van der Waals surface area contributed by atoms with Crippen molar-refractivity contribution in [3.05, 3.63) is 23.8 Å². The number of sulfonamides is 1. The summed E-state index contributed by atoms with van der Waals surface area (Å²) in [4.78, 5) is 0.316. The molecule has 1 aromatic rings. The first-order chi connectivity index (χ1) is 8.34. The molecule has 0 aromatic heterocycles. The molecule has 0 spiro atoms. The van der Waals surface area contributed by atoms with Crippen LogP contribution in [0, 0.1) is 6.92 Å². The smallest absolute Gasteiger partial charge is 0.243 e. The minimum atomic E-state index is -3.42. The average molecular weight is 270 g/mol. The number of nitrogens with two attached hydrogens (primary N) is 1. The quantitative estimate of drug-likeness (QED) is 0.836. The first-order valence-electron chi connectivity index (χ1n) is 6.22. The van der Waals surface area contributed by atoms with Gasteiger partial charge in [0.05, 0.1) is 4.90 Å². The lowest BCUT2D eigenvalue weighted by Crippen LogP contribution is -2.38. The highest BCUT2D eigenvalue weighted by Gasteiger charge is 2.26. The van der Waals surface area contributed by atoms with Gasteiger partial charge in [-0.15, -0.1) is 0 Å². The van der Waals surface area contributed by atoms with Crippen LogP contribution in [0.25, 0.3) is 0 Å². The Labute approximate surface area is 110 Å². The van der Waals surface area contributed by atoms with Crippen LogP contribution in [0.1, 0.15) is 32.8 Å². The molecule has 5 heteroatoms. The molecule has 0 saturated carbocycles. The van der Waals surface area contributed by atoms with Gasteiger partial charge in [0.15, 0.2) is 0 Å². The molecule has 2 N–H and O–H groups in total. The third-order valence-corrected chi connectivity index (χ3v) is 5.33. The second kappa shape index (κ2) is 5.71. The van der Waals surface area contributed by atoms with E-state index in [0.29, 0.717) is 17.1 Å². The van der Waals surface area contributed by atoms with Gasteiger partial charge < -0.3 is 5.73 Å². The van der Waals surface area contributed by atoms with Crippen molar-refractivity contribution in [3.63, 3.8) is 0 Å². The van der Waals surface area contributed by atoms with E-state index < -0.39 is 10.0 Å². The van der Waals surface area contributed by atoms with Crippen LogP contribution in [-0.2, 0) is 10.0 Å². The summed E-state index contributed by atoms with van der Waals surface area (Å²) in [6.45, 7) is 8.05. The van der Waals surface area contributed by atoms with Crippen molar-refractivity contribution in [2.24, 2.45) is 0 Å². The highest BCUT2D eigenvalue weighted by Crippen LogP contribution is 2.22. The van der Waals surface area contributed by atoms with Gasteiger partial charge in [0.1, 0.15) is 0 Å². The second-order valence-corrected chi connectivity index (χ2v) is 6.37. The molecule has 1 rings (SSSR count). The Kier molecular flexibility index (Phi) is 4.76. The van der Waals surface area contributed by atoms with Gasteiger partial charge in [-0.05, 0) is 44.0 Å². The molecule has 1 aromatic carbocycles. The van der Waals surface area contributed by atoms with Gasteiger partial charge in [0.2, 0.25) is 10.0 Å². The van der Waals surface area contributed by atoms with E-state index in [4.69, 9.17) is 5.73 Å². The number of nitrogen functional groups attached to an aromatic ring is 1. The molecule has 0 radical (unpaired) electrons. The summed E-state index contributed by atoms with van der Waals surface area (Å²) in [6.07, 6.45) is 0.793. The fourth-order valence-electron chi connectivity index (χ4n) is 1.87. The molecule has 0 bridgehead atoms. The summed E-state index contributed by atoms with van der Waals surface area (Å²) in [7, 11) is -3.42. The second-order valence-electron chi connectivity index (χ2n) is 4.48.